The molecule has 0 aliphatic heterocycles. The zero-order valence-electron chi connectivity index (χ0n) is 12.7. The molecule has 2 rings (SSSR count). The van der Waals surface area contributed by atoms with Crippen molar-refractivity contribution in [2.45, 2.75) is 64.5 Å². The van der Waals surface area contributed by atoms with Gasteiger partial charge in [0, 0.05) is 15.8 Å². The zero-order valence-corrected chi connectivity index (χ0v) is 13.5. The lowest BCUT2D eigenvalue weighted by atomic mass is 10.0. The topological polar surface area (TPSA) is 38.3 Å². The van der Waals surface area contributed by atoms with E-state index >= 15 is 0 Å². The Bertz CT molecular complexity index is 447. The van der Waals surface area contributed by atoms with Crippen LogP contribution in [-0.4, -0.2) is 19.1 Å². The summed E-state index contributed by atoms with van der Waals surface area (Å²) in [4.78, 5) is 14.6. The van der Waals surface area contributed by atoms with Crippen molar-refractivity contribution in [1.82, 2.24) is 5.32 Å². The van der Waals surface area contributed by atoms with Gasteiger partial charge in [0.15, 0.2) is 0 Å². The fourth-order valence-corrected chi connectivity index (χ4v) is 3.98. The van der Waals surface area contributed by atoms with Crippen molar-refractivity contribution in [1.29, 1.82) is 0 Å². The van der Waals surface area contributed by atoms with Crippen LogP contribution in [0.15, 0.2) is 6.07 Å². The molecule has 0 radical (unpaired) electrons. The second-order valence-electron chi connectivity index (χ2n) is 5.68. The number of esters is 1. The molecule has 0 amide bonds. The number of hydrogen-bond donors (Lipinski definition) is 1. The molecular weight excluding hydrogens is 270 g/mol. The van der Waals surface area contributed by atoms with Crippen molar-refractivity contribution in [2.75, 3.05) is 7.11 Å². The van der Waals surface area contributed by atoms with Crippen LogP contribution in [0, 0.1) is 13.8 Å². The first kappa shape index (κ1) is 15.5. The second-order valence-corrected chi connectivity index (χ2v) is 7.14. The zero-order chi connectivity index (χ0) is 14.5. The Hall–Kier alpha value is -0.870. The first-order chi connectivity index (χ1) is 9.61. The molecule has 1 aromatic rings. The smallest absolute Gasteiger partial charge is 0.327 e. The minimum Gasteiger partial charge on any atom is -0.468 e. The van der Waals surface area contributed by atoms with Gasteiger partial charge in [-0.1, -0.05) is 25.7 Å². The van der Waals surface area contributed by atoms with Crippen LogP contribution in [0.3, 0.4) is 0 Å². The molecule has 1 aliphatic carbocycles. The third-order valence-electron chi connectivity index (χ3n) is 4.08. The molecule has 3 nitrogen and oxygen atoms in total. The van der Waals surface area contributed by atoms with E-state index in [2.05, 4.69) is 25.2 Å². The molecule has 1 N–H and O–H groups in total. The number of rotatable bonds is 4. The minimum atomic E-state index is -0.312. The molecule has 112 valence electrons. The highest BCUT2D eigenvalue weighted by molar-refractivity contribution is 7.12. The van der Waals surface area contributed by atoms with E-state index in [1.54, 1.807) is 11.3 Å². The van der Waals surface area contributed by atoms with Crippen LogP contribution in [0.2, 0.25) is 0 Å². The molecular formula is C16H25NO2S. The van der Waals surface area contributed by atoms with Gasteiger partial charge >= 0.3 is 5.97 Å². The normalized spacial score (nSPS) is 18.6. The molecule has 0 bridgehead atoms. The van der Waals surface area contributed by atoms with Crippen LogP contribution in [0.5, 0.6) is 0 Å². The molecule has 0 aromatic carbocycles. The number of carbonyl (C=O) groups excluding carboxylic acids is 1. The van der Waals surface area contributed by atoms with Crippen LogP contribution in [0.4, 0.5) is 0 Å². The average molecular weight is 295 g/mol. The number of nitrogens with one attached hydrogen (secondary N) is 1. The quantitative estimate of drug-likeness (QED) is 0.676. The predicted octanol–water partition coefficient (Wildman–Crippen LogP) is 3.89. The van der Waals surface area contributed by atoms with Crippen molar-refractivity contribution in [2.24, 2.45) is 0 Å². The highest BCUT2D eigenvalue weighted by Gasteiger charge is 2.27. The van der Waals surface area contributed by atoms with E-state index in [1.807, 2.05) is 0 Å². The van der Waals surface area contributed by atoms with E-state index in [4.69, 9.17) is 4.74 Å². The molecule has 1 aromatic heterocycles. The number of hydrogen-bond acceptors (Lipinski definition) is 4. The molecule has 1 heterocycles. The molecule has 1 atom stereocenters. The van der Waals surface area contributed by atoms with E-state index in [1.165, 1.54) is 42.5 Å². The lowest BCUT2D eigenvalue weighted by molar-refractivity contribution is -0.143. The lowest BCUT2D eigenvalue weighted by Gasteiger charge is -2.23. The summed E-state index contributed by atoms with van der Waals surface area (Å²) in [6.07, 6.45) is 7.47. The van der Waals surface area contributed by atoms with E-state index in [0.29, 0.717) is 6.04 Å². The standard InChI is InChI=1S/C16H25NO2S/c1-11-10-14(12(2)20-11)15(16(18)19-3)17-13-8-6-4-5-7-9-13/h10,13,15,17H,4-9H2,1-3H3. The van der Waals surface area contributed by atoms with Gasteiger partial charge in [0.2, 0.25) is 0 Å². The Morgan fingerprint density at radius 1 is 1.30 bits per heavy atom. The van der Waals surface area contributed by atoms with Gasteiger partial charge in [-0.2, -0.15) is 0 Å². The maximum Gasteiger partial charge on any atom is 0.327 e. The van der Waals surface area contributed by atoms with Gasteiger partial charge in [0.05, 0.1) is 7.11 Å². The van der Waals surface area contributed by atoms with Gasteiger partial charge < -0.3 is 4.74 Å². The van der Waals surface area contributed by atoms with Crippen molar-refractivity contribution in [3.8, 4) is 0 Å². The second kappa shape index (κ2) is 7.23. The van der Waals surface area contributed by atoms with Crippen molar-refractivity contribution in [3.63, 3.8) is 0 Å². The van der Waals surface area contributed by atoms with Gasteiger partial charge in [-0.05, 0) is 38.3 Å². The summed E-state index contributed by atoms with van der Waals surface area (Å²) in [5.74, 6) is -0.171. The Morgan fingerprint density at radius 2 is 1.95 bits per heavy atom. The van der Waals surface area contributed by atoms with Crippen LogP contribution < -0.4 is 5.32 Å². The first-order valence-corrected chi connectivity index (χ1v) is 8.34. The Balaban J connectivity index is 2.15. The van der Waals surface area contributed by atoms with Gasteiger partial charge in [0.25, 0.3) is 0 Å². The summed E-state index contributed by atoms with van der Waals surface area (Å²) in [5, 5.41) is 3.55. The van der Waals surface area contributed by atoms with Crippen LogP contribution in [0.25, 0.3) is 0 Å². The van der Waals surface area contributed by atoms with Crippen LogP contribution in [-0.2, 0) is 9.53 Å². The number of ether oxygens (including phenoxy) is 1. The van der Waals surface area contributed by atoms with Crippen LogP contribution in [0.1, 0.15) is 59.9 Å². The third-order valence-corrected chi connectivity index (χ3v) is 5.07. The number of carbonyl (C=O) groups is 1. The van der Waals surface area contributed by atoms with E-state index < -0.39 is 0 Å². The maximum atomic E-state index is 12.2. The van der Waals surface area contributed by atoms with Crippen molar-refractivity contribution >= 4 is 17.3 Å². The summed E-state index contributed by atoms with van der Waals surface area (Å²) in [6, 6.07) is 2.24. The number of thiophene rings is 1. The summed E-state index contributed by atoms with van der Waals surface area (Å²) in [6.45, 7) is 4.17. The predicted molar refractivity (Wildman–Crippen MR) is 83.2 cm³/mol. The van der Waals surface area contributed by atoms with Crippen molar-refractivity contribution in [3.05, 3.63) is 21.4 Å². The summed E-state index contributed by atoms with van der Waals surface area (Å²) >= 11 is 1.74. The molecule has 20 heavy (non-hydrogen) atoms. The van der Waals surface area contributed by atoms with Crippen LogP contribution >= 0.6 is 11.3 Å². The summed E-state index contributed by atoms with van der Waals surface area (Å²) in [7, 11) is 1.47. The van der Waals surface area contributed by atoms with E-state index in [-0.39, 0.29) is 12.0 Å². The lowest BCUT2D eigenvalue weighted by Crippen LogP contribution is -2.37. The molecule has 1 unspecified atom stereocenters. The largest absolute Gasteiger partial charge is 0.468 e. The van der Waals surface area contributed by atoms with E-state index in [0.717, 1.165) is 18.4 Å². The number of aryl methyl sites for hydroxylation is 2. The molecule has 1 aliphatic rings. The monoisotopic (exact) mass is 295 g/mol. The van der Waals surface area contributed by atoms with Crippen molar-refractivity contribution < 1.29 is 9.53 Å². The molecule has 1 saturated carbocycles. The van der Waals surface area contributed by atoms with Gasteiger partial charge in [-0.15, -0.1) is 11.3 Å². The maximum absolute atomic E-state index is 12.2. The number of methoxy groups -OCH3 is 1. The average Bonchev–Trinajstić information content (AvgIpc) is 2.65. The molecule has 0 saturated heterocycles. The molecule has 4 heteroatoms. The van der Waals surface area contributed by atoms with Gasteiger partial charge in [-0.3, -0.25) is 5.32 Å². The molecule has 0 spiro atoms. The Labute approximate surface area is 125 Å². The van der Waals surface area contributed by atoms with E-state index in [9.17, 15) is 4.79 Å². The summed E-state index contributed by atoms with van der Waals surface area (Å²) < 4.78 is 5.01. The fraction of sp³-hybridized carbons (Fsp3) is 0.688. The highest BCUT2D eigenvalue weighted by Crippen LogP contribution is 2.29. The summed E-state index contributed by atoms with van der Waals surface area (Å²) in [5.41, 5.74) is 1.09. The highest BCUT2D eigenvalue weighted by atomic mass is 32.1. The first-order valence-electron chi connectivity index (χ1n) is 7.52. The fourth-order valence-electron chi connectivity index (χ4n) is 3.02. The molecule has 1 fully saturated rings. The minimum absolute atomic E-state index is 0.171. The SMILES string of the molecule is COC(=O)C(NC1CCCCCC1)c1cc(C)sc1C. The Morgan fingerprint density at radius 3 is 2.45 bits per heavy atom. The Kier molecular flexibility index (Phi) is 5.61. The third kappa shape index (κ3) is 3.83. The van der Waals surface area contributed by atoms with Gasteiger partial charge in [-0.25, -0.2) is 4.79 Å². The van der Waals surface area contributed by atoms with Gasteiger partial charge in [0.1, 0.15) is 6.04 Å².